The molecule has 73 heavy (non-hydrogen) atoms. The van der Waals surface area contributed by atoms with Gasteiger partial charge < -0.3 is 64.2 Å². The van der Waals surface area contributed by atoms with Crippen LogP contribution in [0.3, 0.4) is 0 Å². The number of anilines is 1. The van der Waals surface area contributed by atoms with Crippen molar-refractivity contribution < 1.29 is 104 Å². The summed E-state index contributed by atoms with van der Waals surface area (Å²) in [5.41, 5.74) is 2.21. The number of hydrogen-bond donors (Lipinski definition) is 6. The third kappa shape index (κ3) is 12.3. The number of carbonyl (C=O) groups excluding carboxylic acids is 5. The molecular weight excluding hydrogens is 988 g/mol. The van der Waals surface area contributed by atoms with Crippen molar-refractivity contribution in [1.82, 2.24) is 15.1 Å². The second-order valence-electron chi connectivity index (χ2n) is 15.9. The molecule has 2 aliphatic rings. The van der Waals surface area contributed by atoms with E-state index in [9.17, 15) is 71.1 Å². The maximum atomic E-state index is 13.7. The van der Waals surface area contributed by atoms with Crippen molar-refractivity contribution in [2.45, 2.75) is 56.6 Å². The van der Waals surface area contributed by atoms with Crippen LogP contribution in [-0.4, -0.2) is 143 Å². The Balaban J connectivity index is 0.860. The number of fused-ring (bicyclic) bond motifs is 2. The number of halogens is 5. The number of nitrogens with zero attached hydrogens (tertiary/aromatic N) is 2. The number of ketones is 1. The molecule has 0 unspecified atom stereocenters. The van der Waals surface area contributed by atoms with E-state index in [1.165, 1.54) is 18.2 Å². The Morgan fingerprint density at radius 2 is 1.33 bits per heavy atom. The molecule has 2 heterocycles. The standard InChI is InChI=1S/C47H43F5N4O17/c48-33-34(49)36(51)43(37(52)35(33)50)72-31(59)12-15-68-17-19-69-18-16-67-14-11-29(57)53-13-10-30(58)54-26-20-22(8-9-28(26)71-46-42(63)40(61)41(62)44(73-46)45(64)65)21-70-47(66)56-27-7-3-6-25-32(27)38(55-56)23-4-1-2-5-24(23)39(25)60/h1-9,20,40-42,44,46,61-63H,10-19,21H2,(H,53,57)(H,54,58)(H,64,65)/t40-,41-,42+,44-,46+/m0/s1. The molecule has 0 bridgehead atoms. The predicted octanol–water partition coefficient (Wildman–Crippen LogP) is 3.28. The highest BCUT2D eigenvalue weighted by molar-refractivity contribution is 6.25. The minimum absolute atomic E-state index is 0.00473. The van der Waals surface area contributed by atoms with Crippen molar-refractivity contribution in [1.29, 1.82) is 0 Å². The number of hydrogen-bond acceptors (Lipinski definition) is 17. The number of aromatic nitrogens is 2. The summed E-state index contributed by atoms with van der Waals surface area (Å²) in [5.74, 6) is -17.9. The fourth-order valence-electron chi connectivity index (χ4n) is 7.39. The van der Waals surface area contributed by atoms with Crippen LogP contribution in [0.15, 0.2) is 60.7 Å². The van der Waals surface area contributed by atoms with E-state index in [4.69, 9.17) is 28.4 Å². The number of rotatable bonds is 22. The summed E-state index contributed by atoms with van der Waals surface area (Å²) in [6, 6.07) is 15.7. The molecule has 4 aromatic carbocycles. The number of ether oxygens (including phenoxy) is 7. The molecule has 0 radical (unpaired) electrons. The minimum atomic E-state index is -2.40. The summed E-state index contributed by atoms with van der Waals surface area (Å²) < 4.78 is 105. The van der Waals surface area contributed by atoms with Crippen LogP contribution >= 0.6 is 0 Å². The van der Waals surface area contributed by atoms with Crippen LogP contribution < -0.4 is 20.1 Å². The van der Waals surface area contributed by atoms with Gasteiger partial charge in [-0.3, -0.25) is 19.2 Å². The van der Waals surface area contributed by atoms with Gasteiger partial charge in [0.05, 0.1) is 57.3 Å². The van der Waals surface area contributed by atoms with E-state index in [1.54, 1.807) is 42.5 Å². The van der Waals surface area contributed by atoms with Crippen molar-refractivity contribution in [3.8, 4) is 22.8 Å². The van der Waals surface area contributed by atoms with Crippen LogP contribution in [0, 0.1) is 29.1 Å². The lowest BCUT2D eigenvalue weighted by Crippen LogP contribution is -2.61. The SMILES string of the molecule is O=C(CCOCCOCCOCCC(=O)Oc1c(F)c(F)c(F)c(F)c1F)NCCC(=O)Nc1cc(COC(=O)n2nc3c4c(cccc42)C(=O)c2ccccc2-3)ccc1O[C@@H]1O[C@H](C(=O)O)[C@@H](O)[C@H](O)[C@H]1O. The highest BCUT2D eigenvalue weighted by Crippen LogP contribution is 2.39. The third-order valence-corrected chi connectivity index (χ3v) is 11.0. The second kappa shape index (κ2) is 23.8. The lowest BCUT2D eigenvalue weighted by Gasteiger charge is -2.38. The van der Waals surface area contributed by atoms with E-state index in [0.717, 1.165) is 4.68 Å². The molecule has 1 fully saturated rings. The zero-order valence-electron chi connectivity index (χ0n) is 37.8. The molecule has 1 aliphatic carbocycles. The molecule has 388 valence electrons. The normalized spacial score (nSPS) is 18.0. The molecule has 1 aliphatic heterocycles. The van der Waals surface area contributed by atoms with Crippen LogP contribution in [0.2, 0.25) is 0 Å². The number of aliphatic carboxylic acids is 1. The van der Waals surface area contributed by atoms with E-state index in [1.807, 2.05) is 0 Å². The number of aliphatic hydroxyl groups excluding tert-OH is 3. The Kier molecular flexibility index (Phi) is 17.4. The number of carbonyl (C=O) groups is 6. The Morgan fingerprint density at radius 1 is 0.699 bits per heavy atom. The van der Waals surface area contributed by atoms with Crippen molar-refractivity contribution in [3.05, 3.63) is 106 Å². The monoisotopic (exact) mass is 1030 g/mol. The number of amides is 2. The molecule has 5 atom stereocenters. The van der Waals surface area contributed by atoms with E-state index >= 15 is 0 Å². The minimum Gasteiger partial charge on any atom is -0.479 e. The number of carboxylic acids is 1. The zero-order valence-corrected chi connectivity index (χ0v) is 37.8. The fraction of sp³-hybridized carbons (Fsp3) is 0.340. The van der Waals surface area contributed by atoms with Gasteiger partial charge in [0, 0.05) is 41.5 Å². The lowest BCUT2D eigenvalue weighted by atomic mass is 9.87. The van der Waals surface area contributed by atoms with Gasteiger partial charge in [-0.1, -0.05) is 42.5 Å². The summed E-state index contributed by atoms with van der Waals surface area (Å²) in [6.07, 6.45) is -11.8. The first-order valence-electron chi connectivity index (χ1n) is 22.0. The molecule has 1 aromatic heterocycles. The summed E-state index contributed by atoms with van der Waals surface area (Å²) in [7, 11) is 0. The van der Waals surface area contributed by atoms with Crippen LogP contribution in [0.1, 0.15) is 40.7 Å². The fourth-order valence-corrected chi connectivity index (χ4v) is 7.39. The van der Waals surface area contributed by atoms with Gasteiger partial charge in [-0.05, 0) is 23.8 Å². The first kappa shape index (κ1) is 53.3. The summed E-state index contributed by atoms with van der Waals surface area (Å²) in [6.45, 7) is -0.905. The number of aliphatic hydroxyl groups is 3. The van der Waals surface area contributed by atoms with Gasteiger partial charge in [0.15, 0.2) is 11.9 Å². The largest absolute Gasteiger partial charge is 0.479 e. The molecule has 0 spiro atoms. The van der Waals surface area contributed by atoms with Gasteiger partial charge in [0.2, 0.25) is 52.9 Å². The summed E-state index contributed by atoms with van der Waals surface area (Å²) in [5, 5.41) is 50.7. The molecular formula is C47H43F5N4O17. The number of esters is 1. The van der Waals surface area contributed by atoms with Crippen molar-refractivity contribution >= 4 is 52.2 Å². The Labute approximate surface area is 408 Å². The van der Waals surface area contributed by atoms with Crippen molar-refractivity contribution in [2.75, 3.05) is 51.5 Å². The quantitative estimate of drug-likeness (QED) is 0.0142. The average molecular weight is 1030 g/mol. The van der Waals surface area contributed by atoms with Gasteiger partial charge >= 0.3 is 18.0 Å². The Morgan fingerprint density at radius 3 is 2.01 bits per heavy atom. The zero-order chi connectivity index (χ0) is 52.5. The van der Waals surface area contributed by atoms with E-state index < -0.39 is 108 Å². The van der Waals surface area contributed by atoms with Gasteiger partial charge in [-0.2, -0.15) is 18.6 Å². The molecule has 5 aromatic rings. The molecule has 2 amide bonds. The summed E-state index contributed by atoms with van der Waals surface area (Å²) in [4.78, 5) is 76.0. The molecule has 0 saturated carbocycles. The highest BCUT2D eigenvalue weighted by atomic mass is 19.2. The highest BCUT2D eigenvalue weighted by Gasteiger charge is 2.48. The first-order valence-corrected chi connectivity index (χ1v) is 22.0. The summed E-state index contributed by atoms with van der Waals surface area (Å²) >= 11 is 0. The predicted molar refractivity (Wildman–Crippen MR) is 235 cm³/mol. The topological polar surface area (TPSA) is 290 Å². The molecule has 26 heteroatoms. The molecule has 21 nitrogen and oxygen atoms in total. The van der Waals surface area contributed by atoms with Gasteiger partial charge in [0.25, 0.3) is 0 Å². The Hall–Kier alpha value is -7.46. The maximum Gasteiger partial charge on any atom is 0.435 e. The number of nitrogens with one attached hydrogen (secondary N) is 2. The second-order valence-corrected chi connectivity index (χ2v) is 15.9. The maximum absolute atomic E-state index is 13.7. The number of benzene rings is 4. The molecule has 6 N–H and O–H groups in total. The molecule has 1 saturated heterocycles. The Bertz CT molecular complexity index is 2890. The van der Waals surface area contributed by atoms with Crippen molar-refractivity contribution in [2.24, 2.45) is 0 Å². The average Bonchev–Trinajstić information content (AvgIpc) is 3.77. The van der Waals surface area contributed by atoms with Gasteiger partial charge in [0.1, 0.15) is 36.4 Å². The molecule has 7 rings (SSSR count). The van der Waals surface area contributed by atoms with Crippen molar-refractivity contribution in [3.63, 3.8) is 0 Å². The van der Waals surface area contributed by atoms with Crippen LogP contribution in [0.25, 0.3) is 22.2 Å². The number of carboxylic acid groups (broad SMARTS) is 1. The first-order chi connectivity index (χ1) is 35.0. The lowest BCUT2D eigenvalue weighted by molar-refractivity contribution is -0.271. The van der Waals surface area contributed by atoms with Crippen LogP contribution in [0.5, 0.6) is 11.5 Å². The van der Waals surface area contributed by atoms with Gasteiger partial charge in [-0.25, -0.2) is 22.8 Å². The van der Waals surface area contributed by atoms with Gasteiger partial charge in [-0.15, -0.1) is 0 Å². The smallest absolute Gasteiger partial charge is 0.435 e. The van der Waals surface area contributed by atoms with Crippen LogP contribution in [0.4, 0.5) is 32.4 Å². The van der Waals surface area contributed by atoms with E-state index in [0.29, 0.717) is 33.3 Å². The van der Waals surface area contributed by atoms with E-state index in [-0.39, 0.29) is 81.8 Å². The van der Waals surface area contributed by atoms with Crippen LogP contribution in [-0.2, 0) is 49.5 Å². The van der Waals surface area contributed by atoms with E-state index in [2.05, 4.69) is 20.5 Å². The third-order valence-electron chi connectivity index (χ3n) is 11.0.